The summed E-state index contributed by atoms with van der Waals surface area (Å²) in [5.41, 5.74) is 3.21. The van der Waals surface area contributed by atoms with Crippen LogP contribution in [-0.2, 0) is 16.2 Å². The van der Waals surface area contributed by atoms with Gasteiger partial charge in [0.2, 0.25) is 5.91 Å². The summed E-state index contributed by atoms with van der Waals surface area (Å²) in [5, 5.41) is 2.71. The second-order valence-corrected chi connectivity index (χ2v) is 9.92. The Morgan fingerprint density at radius 1 is 1.03 bits per heavy atom. The number of thioether (sulfide) groups is 1. The van der Waals surface area contributed by atoms with Gasteiger partial charge in [0, 0.05) is 41.1 Å². The highest BCUT2D eigenvalue weighted by Gasteiger charge is 2.36. The molecule has 0 aliphatic carbocycles. The molecule has 4 rings (SSSR count). The smallest absolute Gasteiger partial charge is 0.294 e. The average molecular weight is 550 g/mol. The van der Waals surface area contributed by atoms with Crippen molar-refractivity contribution in [2.24, 2.45) is 0 Å². The number of halogens is 1. The van der Waals surface area contributed by atoms with Crippen LogP contribution in [0, 0.1) is 0 Å². The van der Waals surface area contributed by atoms with Crippen LogP contribution in [0.5, 0.6) is 5.75 Å². The van der Waals surface area contributed by atoms with E-state index in [2.05, 4.69) is 24.1 Å². The fraction of sp³-hybridized carbons (Fsp3) is 0.207. The summed E-state index contributed by atoms with van der Waals surface area (Å²) < 4.78 is 6.18. The van der Waals surface area contributed by atoms with Crippen molar-refractivity contribution in [1.82, 2.24) is 4.90 Å². The summed E-state index contributed by atoms with van der Waals surface area (Å²) in [7, 11) is 0. The highest BCUT2D eigenvalue weighted by molar-refractivity contribution is 8.18. The molecule has 0 atom stereocenters. The SMILES string of the molecule is CCN(CC)c1ccc(/C=C2/SC(=O)N(CC(=O)Nc3ccc(Cl)cc3)C2=O)c(OCc2ccccc2)c1. The van der Waals surface area contributed by atoms with Gasteiger partial charge in [0.05, 0.1) is 4.91 Å². The molecule has 196 valence electrons. The summed E-state index contributed by atoms with van der Waals surface area (Å²) in [6.45, 7) is 5.82. The molecule has 7 nitrogen and oxygen atoms in total. The number of nitrogens with one attached hydrogen (secondary N) is 1. The van der Waals surface area contributed by atoms with Gasteiger partial charge < -0.3 is 15.0 Å². The molecule has 1 heterocycles. The maximum Gasteiger partial charge on any atom is 0.294 e. The predicted octanol–water partition coefficient (Wildman–Crippen LogP) is 6.44. The van der Waals surface area contributed by atoms with Crippen LogP contribution >= 0.6 is 23.4 Å². The van der Waals surface area contributed by atoms with Crippen molar-refractivity contribution in [2.45, 2.75) is 20.5 Å². The van der Waals surface area contributed by atoms with E-state index in [0.29, 0.717) is 28.6 Å². The first-order valence-corrected chi connectivity index (χ1v) is 13.4. The molecule has 1 aliphatic heterocycles. The van der Waals surface area contributed by atoms with Crippen LogP contribution in [0.15, 0.2) is 77.7 Å². The molecular weight excluding hydrogens is 522 g/mol. The number of anilines is 2. The lowest BCUT2D eigenvalue weighted by atomic mass is 10.1. The third-order valence-corrected chi connectivity index (χ3v) is 7.11. The van der Waals surface area contributed by atoms with Crippen LogP contribution in [0.1, 0.15) is 25.0 Å². The van der Waals surface area contributed by atoms with Gasteiger partial charge in [0.25, 0.3) is 11.1 Å². The largest absolute Gasteiger partial charge is 0.488 e. The average Bonchev–Trinajstić information content (AvgIpc) is 3.18. The Bertz CT molecular complexity index is 1340. The normalized spacial score (nSPS) is 14.2. The quantitative estimate of drug-likeness (QED) is 0.293. The lowest BCUT2D eigenvalue weighted by Gasteiger charge is -2.22. The minimum Gasteiger partial charge on any atom is -0.488 e. The number of hydrogen-bond acceptors (Lipinski definition) is 6. The summed E-state index contributed by atoms with van der Waals surface area (Å²) in [5.74, 6) is -0.398. The Kier molecular flexibility index (Phi) is 9.10. The second-order valence-electron chi connectivity index (χ2n) is 8.49. The van der Waals surface area contributed by atoms with Gasteiger partial charge >= 0.3 is 0 Å². The Balaban J connectivity index is 1.53. The topological polar surface area (TPSA) is 79.0 Å². The van der Waals surface area contributed by atoms with Crippen LogP contribution in [0.2, 0.25) is 5.02 Å². The zero-order valence-corrected chi connectivity index (χ0v) is 22.7. The number of hydrogen-bond donors (Lipinski definition) is 1. The maximum absolute atomic E-state index is 13.1. The number of rotatable bonds is 10. The first kappa shape index (κ1) is 27.3. The zero-order valence-electron chi connectivity index (χ0n) is 21.1. The number of imide groups is 1. The van der Waals surface area contributed by atoms with Crippen LogP contribution < -0.4 is 15.0 Å². The van der Waals surface area contributed by atoms with Gasteiger partial charge in [-0.05, 0) is 73.6 Å². The predicted molar refractivity (Wildman–Crippen MR) is 154 cm³/mol. The molecule has 3 amide bonds. The van der Waals surface area contributed by atoms with Crippen LogP contribution in [0.25, 0.3) is 6.08 Å². The van der Waals surface area contributed by atoms with E-state index in [0.717, 1.165) is 41.0 Å². The van der Waals surface area contributed by atoms with Gasteiger partial charge in [-0.3, -0.25) is 19.3 Å². The lowest BCUT2D eigenvalue weighted by molar-refractivity contribution is -0.127. The molecule has 1 saturated heterocycles. The molecule has 0 radical (unpaired) electrons. The van der Waals surface area contributed by atoms with Gasteiger partial charge in [-0.15, -0.1) is 0 Å². The molecule has 9 heteroatoms. The summed E-state index contributed by atoms with van der Waals surface area (Å²) in [6, 6.07) is 22.2. The molecule has 0 spiro atoms. The number of carbonyl (C=O) groups excluding carboxylic acids is 3. The van der Waals surface area contributed by atoms with Gasteiger partial charge in [-0.25, -0.2) is 0 Å². The number of nitrogens with zero attached hydrogens (tertiary/aromatic N) is 2. The van der Waals surface area contributed by atoms with Crippen LogP contribution in [-0.4, -0.2) is 41.6 Å². The van der Waals surface area contributed by atoms with Crippen molar-refractivity contribution >= 4 is 57.9 Å². The Labute approximate surface area is 231 Å². The standard InChI is InChI=1S/C29H28ClN3O4S/c1-3-32(4-2)24-15-10-21(25(17-24)37-19-20-8-6-5-7-9-20)16-26-28(35)33(29(36)38-26)18-27(34)31-23-13-11-22(30)12-14-23/h5-17H,3-4,18-19H2,1-2H3,(H,31,34)/b26-16+. The third-order valence-electron chi connectivity index (χ3n) is 5.95. The minimum atomic E-state index is -0.520. The second kappa shape index (κ2) is 12.7. The van der Waals surface area contributed by atoms with Crippen molar-refractivity contribution in [1.29, 1.82) is 0 Å². The maximum atomic E-state index is 13.1. The molecule has 38 heavy (non-hydrogen) atoms. The number of amides is 3. The third kappa shape index (κ3) is 6.76. The fourth-order valence-electron chi connectivity index (χ4n) is 3.94. The fourth-order valence-corrected chi connectivity index (χ4v) is 4.90. The van der Waals surface area contributed by atoms with E-state index in [-0.39, 0.29) is 11.4 Å². The first-order chi connectivity index (χ1) is 18.4. The summed E-state index contributed by atoms with van der Waals surface area (Å²) in [4.78, 5) is 41.6. The zero-order chi connectivity index (χ0) is 27.1. The van der Waals surface area contributed by atoms with Crippen LogP contribution in [0.4, 0.5) is 16.2 Å². The van der Waals surface area contributed by atoms with E-state index in [4.69, 9.17) is 16.3 Å². The number of ether oxygens (including phenoxy) is 1. The van der Waals surface area contributed by atoms with E-state index in [9.17, 15) is 14.4 Å². The molecular formula is C29H28ClN3O4S. The number of benzene rings is 3. The van der Waals surface area contributed by atoms with Gasteiger partial charge in [0.15, 0.2) is 0 Å². The van der Waals surface area contributed by atoms with Gasteiger partial charge in [-0.1, -0.05) is 41.9 Å². The molecule has 0 unspecified atom stereocenters. The van der Waals surface area contributed by atoms with E-state index in [1.807, 2.05) is 48.5 Å². The summed E-state index contributed by atoms with van der Waals surface area (Å²) in [6.07, 6.45) is 1.65. The lowest BCUT2D eigenvalue weighted by Crippen LogP contribution is -2.36. The minimum absolute atomic E-state index is 0.231. The summed E-state index contributed by atoms with van der Waals surface area (Å²) >= 11 is 6.68. The molecule has 1 aliphatic rings. The van der Waals surface area contributed by atoms with Crippen molar-refractivity contribution in [3.8, 4) is 5.75 Å². The Morgan fingerprint density at radius 2 is 1.74 bits per heavy atom. The van der Waals surface area contributed by atoms with E-state index < -0.39 is 17.1 Å². The first-order valence-electron chi connectivity index (χ1n) is 12.2. The van der Waals surface area contributed by atoms with E-state index >= 15 is 0 Å². The van der Waals surface area contributed by atoms with Crippen molar-refractivity contribution in [3.63, 3.8) is 0 Å². The molecule has 1 N–H and O–H groups in total. The Hall–Kier alpha value is -3.75. The molecule has 3 aromatic rings. The molecule has 3 aromatic carbocycles. The molecule has 0 aromatic heterocycles. The Morgan fingerprint density at radius 3 is 2.42 bits per heavy atom. The molecule has 1 fully saturated rings. The van der Waals surface area contributed by atoms with Gasteiger partial charge in [0.1, 0.15) is 18.9 Å². The van der Waals surface area contributed by atoms with Crippen LogP contribution in [0.3, 0.4) is 0 Å². The highest BCUT2D eigenvalue weighted by Crippen LogP contribution is 2.35. The molecule has 0 saturated carbocycles. The van der Waals surface area contributed by atoms with E-state index in [1.54, 1.807) is 30.3 Å². The monoisotopic (exact) mass is 549 g/mol. The van der Waals surface area contributed by atoms with Crippen molar-refractivity contribution < 1.29 is 19.1 Å². The molecule has 0 bridgehead atoms. The van der Waals surface area contributed by atoms with E-state index in [1.165, 1.54) is 0 Å². The van der Waals surface area contributed by atoms with Gasteiger partial charge in [-0.2, -0.15) is 0 Å². The van der Waals surface area contributed by atoms with Crippen molar-refractivity contribution in [2.75, 3.05) is 29.9 Å². The number of carbonyl (C=O) groups is 3. The highest BCUT2D eigenvalue weighted by atomic mass is 35.5. The van der Waals surface area contributed by atoms with Crippen molar-refractivity contribution in [3.05, 3.63) is 93.9 Å².